The highest BCUT2D eigenvalue weighted by Gasteiger charge is 2.20. The van der Waals surface area contributed by atoms with E-state index in [9.17, 15) is 9.59 Å². The molecule has 1 atom stereocenters. The highest BCUT2D eigenvalue weighted by atomic mass is 16.5. The molecule has 1 aromatic carbocycles. The molecule has 0 saturated carbocycles. The van der Waals surface area contributed by atoms with Crippen LogP contribution < -0.4 is 19.5 Å². The summed E-state index contributed by atoms with van der Waals surface area (Å²) in [7, 11) is 4.39. The summed E-state index contributed by atoms with van der Waals surface area (Å²) in [5, 5.41) is 11.7. The van der Waals surface area contributed by atoms with Crippen LogP contribution in [0.5, 0.6) is 17.2 Å². The second-order valence-corrected chi connectivity index (χ2v) is 4.95. The molecule has 1 rings (SSSR count). The number of hydrogen-bond donors (Lipinski definition) is 2. The Labute approximate surface area is 135 Å². The lowest BCUT2D eigenvalue weighted by atomic mass is 10.0. The summed E-state index contributed by atoms with van der Waals surface area (Å²) in [6, 6.07) is 3.04. The van der Waals surface area contributed by atoms with Crippen LogP contribution >= 0.6 is 0 Å². The normalized spacial score (nSPS) is 11.5. The fourth-order valence-electron chi connectivity index (χ4n) is 2.19. The molecule has 0 bridgehead atoms. The van der Waals surface area contributed by atoms with Gasteiger partial charge in [0.2, 0.25) is 5.75 Å². The molecule has 0 aliphatic heterocycles. The molecule has 7 nitrogen and oxygen atoms in total. The maximum Gasteiger partial charge on any atom is 0.308 e. The first-order valence-corrected chi connectivity index (χ1v) is 7.29. The van der Waals surface area contributed by atoms with Gasteiger partial charge in [0.15, 0.2) is 11.5 Å². The predicted octanol–water partition coefficient (Wildman–Crippen LogP) is 1.94. The Balaban J connectivity index is 2.93. The number of hydrogen-bond acceptors (Lipinski definition) is 5. The number of benzene rings is 1. The van der Waals surface area contributed by atoms with E-state index < -0.39 is 17.8 Å². The van der Waals surface area contributed by atoms with Crippen LogP contribution in [0.4, 0.5) is 0 Å². The van der Waals surface area contributed by atoms with Crippen molar-refractivity contribution in [2.24, 2.45) is 5.92 Å². The van der Waals surface area contributed by atoms with Crippen molar-refractivity contribution in [1.82, 2.24) is 5.32 Å². The van der Waals surface area contributed by atoms with Gasteiger partial charge in [0.25, 0.3) is 5.91 Å². The van der Waals surface area contributed by atoms with Gasteiger partial charge < -0.3 is 24.6 Å². The van der Waals surface area contributed by atoms with E-state index in [0.717, 1.165) is 6.42 Å². The van der Waals surface area contributed by atoms with Crippen LogP contribution in [0.1, 0.15) is 30.1 Å². The van der Waals surface area contributed by atoms with E-state index in [-0.39, 0.29) is 6.54 Å². The van der Waals surface area contributed by atoms with Gasteiger partial charge in [0.05, 0.1) is 27.2 Å². The molecule has 0 aliphatic carbocycles. The second-order valence-electron chi connectivity index (χ2n) is 4.95. The zero-order chi connectivity index (χ0) is 17.4. The number of nitrogens with one attached hydrogen (secondary N) is 1. The topological polar surface area (TPSA) is 94.1 Å². The number of rotatable bonds is 9. The van der Waals surface area contributed by atoms with Gasteiger partial charge in [0.1, 0.15) is 0 Å². The maximum absolute atomic E-state index is 12.3. The first-order chi connectivity index (χ1) is 11.0. The van der Waals surface area contributed by atoms with E-state index in [2.05, 4.69) is 5.32 Å². The van der Waals surface area contributed by atoms with Crippen LogP contribution in [0.25, 0.3) is 0 Å². The van der Waals surface area contributed by atoms with Crippen LogP contribution in [0, 0.1) is 5.92 Å². The number of carboxylic acids is 1. The molecule has 2 N–H and O–H groups in total. The van der Waals surface area contributed by atoms with Crippen molar-refractivity contribution in [2.45, 2.75) is 19.8 Å². The molecule has 0 fully saturated rings. The number of carbonyl (C=O) groups is 2. The van der Waals surface area contributed by atoms with Crippen molar-refractivity contribution < 1.29 is 28.9 Å². The number of carboxylic acid groups (broad SMARTS) is 1. The molecule has 1 amide bonds. The first-order valence-electron chi connectivity index (χ1n) is 7.29. The highest BCUT2D eigenvalue weighted by Crippen LogP contribution is 2.38. The largest absolute Gasteiger partial charge is 0.493 e. The van der Waals surface area contributed by atoms with Crippen molar-refractivity contribution in [1.29, 1.82) is 0 Å². The Morgan fingerprint density at radius 2 is 1.70 bits per heavy atom. The van der Waals surface area contributed by atoms with Gasteiger partial charge in [-0.1, -0.05) is 13.3 Å². The summed E-state index contributed by atoms with van der Waals surface area (Å²) in [5.74, 6) is -0.809. The Bertz CT molecular complexity index is 532. The minimum atomic E-state index is -0.919. The zero-order valence-electron chi connectivity index (χ0n) is 13.8. The zero-order valence-corrected chi connectivity index (χ0v) is 13.8. The van der Waals surface area contributed by atoms with Crippen molar-refractivity contribution in [3.8, 4) is 17.2 Å². The first kappa shape index (κ1) is 18.6. The van der Waals surface area contributed by atoms with Crippen LogP contribution in [0.3, 0.4) is 0 Å². The molecule has 0 spiro atoms. The maximum atomic E-state index is 12.3. The number of ether oxygens (including phenoxy) is 3. The molecule has 0 saturated heterocycles. The Kier molecular flexibility index (Phi) is 7.18. The average molecular weight is 325 g/mol. The average Bonchev–Trinajstić information content (AvgIpc) is 2.56. The summed E-state index contributed by atoms with van der Waals surface area (Å²) in [6.45, 7) is 1.97. The third kappa shape index (κ3) is 4.77. The number of amides is 1. The fraction of sp³-hybridized carbons (Fsp3) is 0.500. The number of methoxy groups -OCH3 is 3. The number of carbonyl (C=O) groups excluding carboxylic acids is 1. The molecule has 0 heterocycles. The number of aliphatic carboxylic acids is 1. The van der Waals surface area contributed by atoms with Gasteiger partial charge in [-0.05, 0) is 18.6 Å². The van der Waals surface area contributed by atoms with E-state index >= 15 is 0 Å². The van der Waals surface area contributed by atoms with E-state index in [1.807, 2.05) is 6.92 Å². The molecule has 0 aromatic heterocycles. The van der Waals surface area contributed by atoms with Gasteiger partial charge in [-0.3, -0.25) is 9.59 Å². The standard InChI is InChI=1S/C16H23NO6/c1-5-6-10(16(19)20)9-17-15(18)11-7-12(21-2)14(23-4)13(8-11)22-3/h7-8,10H,5-6,9H2,1-4H3,(H,17,18)(H,19,20). The lowest BCUT2D eigenvalue weighted by molar-refractivity contribution is -0.141. The summed E-state index contributed by atoms with van der Waals surface area (Å²) in [4.78, 5) is 23.4. The van der Waals surface area contributed by atoms with E-state index in [4.69, 9.17) is 19.3 Å². The predicted molar refractivity (Wildman–Crippen MR) is 84.5 cm³/mol. The molecule has 23 heavy (non-hydrogen) atoms. The van der Waals surface area contributed by atoms with Crippen LogP contribution in [0.15, 0.2) is 12.1 Å². The Morgan fingerprint density at radius 3 is 2.09 bits per heavy atom. The monoisotopic (exact) mass is 325 g/mol. The lowest BCUT2D eigenvalue weighted by Crippen LogP contribution is -2.33. The van der Waals surface area contributed by atoms with Gasteiger partial charge in [-0.25, -0.2) is 0 Å². The quantitative estimate of drug-likeness (QED) is 0.720. The molecule has 0 aliphatic rings. The van der Waals surface area contributed by atoms with E-state index in [0.29, 0.717) is 29.2 Å². The summed E-state index contributed by atoms with van der Waals surface area (Å²) < 4.78 is 15.6. The summed E-state index contributed by atoms with van der Waals surface area (Å²) in [5.41, 5.74) is 0.306. The minimum Gasteiger partial charge on any atom is -0.493 e. The van der Waals surface area contributed by atoms with E-state index in [1.54, 1.807) is 0 Å². The molecule has 0 radical (unpaired) electrons. The summed E-state index contributed by atoms with van der Waals surface area (Å²) in [6.07, 6.45) is 1.24. The van der Waals surface area contributed by atoms with Crippen molar-refractivity contribution in [3.05, 3.63) is 17.7 Å². The SMILES string of the molecule is CCCC(CNC(=O)c1cc(OC)c(OC)c(OC)c1)C(=O)O. The van der Waals surface area contributed by atoms with Gasteiger partial charge in [-0.2, -0.15) is 0 Å². The van der Waals surface area contributed by atoms with E-state index in [1.165, 1.54) is 33.5 Å². The van der Waals surface area contributed by atoms with Crippen molar-refractivity contribution >= 4 is 11.9 Å². The summed E-state index contributed by atoms with van der Waals surface area (Å²) >= 11 is 0. The minimum absolute atomic E-state index is 0.0681. The molecular weight excluding hydrogens is 302 g/mol. The molecule has 1 unspecified atom stereocenters. The van der Waals surface area contributed by atoms with Crippen molar-refractivity contribution in [2.75, 3.05) is 27.9 Å². The molecular formula is C16H23NO6. The van der Waals surface area contributed by atoms with Crippen LogP contribution in [-0.4, -0.2) is 44.9 Å². The van der Waals surface area contributed by atoms with Crippen molar-refractivity contribution in [3.63, 3.8) is 0 Å². The molecule has 128 valence electrons. The van der Waals surface area contributed by atoms with Gasteiger partial charge >= 0.3 is 5.97 Å². The van der Waals surface area contributed by atoms with Gasteiger partial charge in [-0.15, -0.1) is 0 Å². The Hall–Kier alpha value is -2.44. The third-order valence-corrected chi connectivity index (χ3v) is 3.42. The second kappa shape index (κ2) is 8.87. The van der Waals surface area contributed by atoms with Crippen LogP contribution in [-0.2, 0) is 4.79 Å². The smallest absolute Gasteiger partial charge is 0.308 e. The third-order valence-electron chi connectivity index (χ3n) is 3.42. The lowest BCUT2D eigenvalue weighted by Gasteiger charge is -2.15. The molecule has 7 heteroatoms. The fourth-order valence-corrected chi connectivity index (χ4v) is 2.19. The molecule has 1 aromatic rings. The Morgan fingerprint density at radius 1 is 1.13 bits per heavy atom. The highest BCUT2D eigenvalue weighted by molar-refractivity contribution is 5.95. The van der Waals surface area contributed by atoms with Crippen LogP contribution in [0.2, 0.25) is 0 Å². The van der Waals surface area contributed by atoms with Gasteiger partial charge in [0, 0.05) is 12.1 Å².